The summed E-state index contributed by atoms with van der Waals surface area (Å²) in [6.45, 7) is 10.0. The fourth-order valence-corrected chi connectivity index (χ4v) is 1.91. The summed E-state index contributed by atoms with van der Waals surface area (Å²) >= 11 is 0. The third kappa shape index (κ3) is 2.58. The molecule has 14 heavy (non-hydrogen) atoms. The molecule has 0 spiro atoms. The molecule has 0 saturated carbocycles. The van der Waals surface area contributed by atoms with E-state index in [1.807, 2.05) is 11.8 Å². The second-order valence-corrected chi connectivity index (χ2v) is 3.76. The number of hydrogen-bond donors (Lipinski definition) is 0. The maximum Gasteiger partial charge on any atom is 0.246 e. The Hall–Kier alpha value is -0.830. The normalized spacial score (nSPS) is 24.5. The minimum absolute atomic E-state index is 0.148. The molecule has 3 heteroatoms. The summed E-state index contributed by atoms with van der Waals surface area (Å²) < 4.78 is 0. The number of carbonyl (C=O) groups excluding carboxylic acids is 1. The minimum Gasteiger partial charge on any atom is -0.336 e. The number of allylic oxidation sites excluding steroid dienone is 1. The van der Waals surface area contributed by atoms with Crippen LogP contribution in [0.3, 0.4) is 0 Å². The smallest absolute Gasteiger partial charge is 0.246 e. The SMILES string of the molecule is C/C=C/C(=O)N1CCN(CC)C(C)C1. The van der Waals surface area contributed by atoms with Crippen molar-refractivity contribution < 1.29 is 4.79 Å². The quantitative estimate of drug-likeness (QED) is 0.618. The number of carbonyl (C=O) groups is 1. The molecule has 0 N–H and O–H groups in total. The van der Waals surface area contributed by atoms with Crippen molar-refractivity contribution in [3.05, 3.63) is 12.2 Å². The highest BCUT2D eigenvalue weighted by Gasteiger charge is 2.23. The summed E-state index contributed by atoms with van der Waals surface area (Å²) in [7, 11) is 0. The van der Waals surface area contributed by atoms with E-state index in [2.05, 4.69) is 18.7 Å². The van der Waals surface area contributed by atoms with Crippen molar-refractivity contribution in [1.29, 1.82) is 0 Å². The van der Waals surface area contributed by atoms with Crippen molar-refractivity contribution in [2.24, 2.45) is 0 Å². The van der Waals surface area contributed by atoms with Gasteiger partial charge in [0.25, 0.3) is 0 Å². The van der Waals surface area contributed by atoms with Crippen molar-refractivity contribution in [3.63, 3.8) is 0 Å². The number of likely N-dealkylation sites (N-methyl/N-ethyl adjacent to an activating group) is 1. The van der Waals surface area contributed by atoms with Crippen LogP contribution < -0.4 is 0 Å². The molecule has 1 saturated heterocycles. The zero-order valence-electron chi connectivity index (χ0n) is 9.36. The molecule has 3 nitrogen and oxygen atoms in total. The standard InChI is InChI=1S/C11H20N2O/c1-4-6-11(14)13-8-7-12(5-2)10(3)9-13/h4,6,10H,5,7-9H2,1-3H3/b6-4+. The Bertz CT molecular complexity index is 225. The van der Waals surface area contributed by atoms with E-state index in [1.54, 1.807) is 12.2 Å². The summed E-state index contributed by atoms with van der Waals surface area (Å²) in [6, 6.07) is 0.489. The van der Waals surface area contributed by atoms with Crippen LogP contribution in [0, 0.1) is 0 Å². The summed E-state index contributed by atoms with van der Waals surface area (Å²) in [5, 5.41) is 0. The Morgan fingerprint density at radius 2 is 2.21 bits per heavy atom. The Labute approximate surface area is 86.4 Å². The minimum atomic E-state index is 0.148. The predicted octanol–water partition coefficient (Wildman–Crippen LogP) is 1.12. The Kier molecular flexibility index (Phi) is 4.14. The van der Waals surface area contributed by atoms with Gasteiger partial charge >= 0.3 is 0 Å². The zero-order chi connectivity index (χ0) is 10.6. The predicted molar refractivity (Wildman–Crippen MR) is 58.1 cm³/mol. The molecule has 0 aromatic carbocycles. The molecule has 1 aliphatic rings. The molecule has 1 heterocycles. The number of rotatable bonds is 2. The van der Waals surface area contributed by atoms with Crippen LogP contribution in [0.4, 0.5) is 0 Å². The molecule has 80 valence electrons. The van der Waals surface area contributed by atoms with E-state index in [0.29, 0.717) is 6.04 Å². The van der Waals surface area contributed by atoms with Gasteiger partial charge in [-0.1, -0.05) is 13.0 Å². The molecule has 1 unspecified atom stereocenters. The third-order valence-corrected chi connectivity index (χ3v) is 2.79. The summed E-state index contributed by atoms with van der Waals surface area (Å²) in [4.78, 5) is 15.9. The van der Waals surface area contributed by atoms with Gasteiger partial charge in [-0.25, -0.2) is 0 Å². The van der Waals surface area contributed by atoms with Gasteiger partial charge in [-0.2, -0.15) is 0 Å². The lowest BCUT2D eigenvalue weighted by Crippen LogP contribution is -2.53. The van der Waals surface area contributed by atoms with E-state index in [0.717, 1.165) is 26.2 Å². The third-order valence-electron chi connectivity index (χ3n) is 2.79. The Morgan fingerprint density at radius 1 is 1.50 bits per heavy atom. The van der Waals surface area contributed by atoms with Crippen molar-refractivity contribution in [2.75, 3.05) is 26.2 Å². The fraction of sp³-hybridized carbons (Fsp3) is 0.727. The molecule has 1 amide bonds. The van der Waals surface area contributed by atoms with Crippen molar-refractivity contribution in [1.82, 2.24) is 9.80 Å². The Balaban J connectivity index is 2.50. The van der Waals surface area contributed by atoms with Crippen LogP contribution in [0.1, 0.15) is 20.8 Å². The van der Waals surface area contributed by atoms with Gasteiger partial charge in [0.05, 0.1) is 0 Å². The van der Waals surface area contributed by atoms with Gasteiger partial charge in [0.2, 0.25) is 5.91 Å². The fourth-order valence-electron chi connectivity index (χ4n) is 1.91. The lowest BCUT2D eigenvalue weighted by molar-refractivity contribution is -0.128. The summed E-state index contributed by atoms with van der Waals surface area (Å²) in [5.41, 5.74) is 0. The number of piperazine rings is 1. The maximum atomic E-state index is 11.6. The van der Waals surface area contributed by atoms with Crippen LogP contribution in [0.15, 0.2) is 12.2 Å². The van der Waals surface area contributed by atoms with Crippen LogP contribution in [-0.2, 0) is 4.79 Å². The highest BCUT2D eigenvalue weighted by Crippen LogP contribution is 2.09. The van der Waals surface area contributed by atoms with Crippen LogP contribution in [-0.4, -0.2) is 47.9 Å². The van der Waals surface area contributed by atoms with E-state index in [9.17, 15) is 4.79 Å². The van der Waals surface area contributed by atoms with Gasteiger partial charge in [-0.3, -0.25) is 9.69 Å². The molecule has 1 fully saturated rings. The maximum absolute atomic E-state index is 11.6. The second-order valence-electron chi connectivity index (χ2n) is 3.76. The van der Waals surface area contributed by atoms with E-state index in [4.69, 9.17) is 0 Å². The lowest BCUT2D eigenvalue weighted by atomic mass is 10.2. The van der Waals surface area contributed by atoms with E-state index >= 15 is 0 Å². The van der Waals surface area contributed by atoms with Crippen molar-refractivity contribution >= 4 is 5.91 Å². The number of amides is 1. The molecule has 0 aromatic heterocycles. The van der Waals surface area contributed by atoms with Crippen LogP contribution in [0.2, 0.25) is 0 Å². The van der Waals surface area contributed by atoms with Gasteiger partial charge in [0, 0.05) is 25.7 Å². The molecular weight excluding hydrogens is 176 g/mol. The number of hydrogen-bond acceptors (Lipinski definition) is 2. The van der Waals surface area contributed by atoms with Crippen molar-refractivity contribution in [2.45, 2.75) is 26.8 Å². The molecule has 1 atom stereocenters. The molecule has 1 aliphatic heterocycles. The number of nitrogens with zero attached hydrogens (tertiary/aromatic N) is 2. The first-order chi connectivity index (χ1) is 6.69. The van der Waals surface area contributed by atoms with Crippen molar-refractivity contribution in [3.8, 4) is 0 Å². The molecule has 0 aliphatic carbocycles. The summed E-state index contributed by atoms with van der Waals surface area (Å²) in [5.74, 6) is 0.148. The molecular formula is C11H20N2O. The van der Waals surface area contributed by atoms with E-state index in [-0.39, 0.29) is 5.91 Å². The summed E-state index contributed by atoms with van der Waals surface area (Å²) in [6.07, 6.45) is 3.45. The highest BCUT2D eigenvalue weighted by atomic mass is 16.2. The topological polar surface area (TPSA) is 23.6 Å². The van der Waals surface area contributed by atoms with Gasteiger partial charge in [0.1, 0.15) is 0 Å². The van der Waals surface area contributed by atoms with E-state index < -0.39 is 0 Å². The van der Waals surface area contributed by atoms with Gasteiger partial charge < -0.3 is 4.90 Å². The second kappa shape index (κ2) is 5.15. The van der Waals surface area contributed by atoms with Crippen LogP contribution in [0.5, 0.6) is 0 Å². The van der Waals surface area contributed by atoms with Crippen LogP contribution in [0.25, 0.3) is 0 Å². The highest BCUT2D eigenvalue weighted by molar-refractivity contribution is 5.87. The molecule has 1 rings (SSSR count). The van der Waals surface area contributed by atoms with Gasteiger partial charge in [0.15, 0.2) is 0 Å². The first-order valence-electron chi connectivity index (χ1n) is 5.34. The lowest BCUT2D eigenvalue weighted by Gasteiger charge is -2.38. The average Bonchev–Trinajstić information content (AvgIpc) is 2.18. The molecule has 0 radical (unpaired) electrons. The van der Waals surface area contributed by atoms with Gasteiger partial charge in [-0.15, -0.1) is 0 Å². The monoisotopic (exact) mass is 196 g/mol. The largest absolute Gasteiger partial charge is 0.336 e. The van der Waals surface area contributed by atoms with Crippen LogP contribution >= 0.6 is 0 Å². The first-order valence-corrected chi connectivity index (χ1v) is 5.34. The zero-order valence-corrected chi connectivity index (χ0v) is 9.36. The average molecular weight is 196 g/mol. The molecule has 0 bridgehead atoms. The van der Waals surface area contributed by atoms with E-state index in [1.165, 1.54) is 0 Å². The molecule has 0 aromatic rings. The van der Waals surface area contributed by atoms with Gasteiger partial charge in [-0.05, 0) is 26.5 Å². The Morgan fingerprint density at radius 3 is 2.71 bits per heavy atom. The first kappa shape index (κ1) is 11.2.